The van der Waals surface area contributed by atoms with Crippen molar-refractivity contribution in [2.24, 2.45) is 40.4 Å². The third-order valence-corrected chi connectivity index (χ3v) is 15.4. The average Bonchev–Trinajstić information content (AvgIpc) is 3.50. The minimum absolute atomic E-state index is 0.103. The fourth-order valence-electron chi connectivity index (χ4n) is 11.9. The Bertz CT molecular complexity index is 1450. The maximum absolute atomic E-state index is 12.6. The minimum atomic E-state index is -1.67. The molecule has 0 amide bonds. The number of carbonyl (C=O) groups is 1. The Morgan fingerprint density at radius 1 is 0.852 bits per heavy atom. The number of aliphatic hydroxyl groups is 8. The van der Waals surface area contributed by atoms with Crippen molar-refractivity contribution >= 4 is 5.97 Å². The van der Waals surface area contributed by atoms with Crippen LogP contribution in [0.1, 0.15) is 86.0 Å². The fraction of sp³-hybridized carbons (Fsp3) is 0.875. The first kappa shape index (κ1) is 40.7. The lowest BCUT2D eigenvalue weighted by Gasteiger charge is -2.60. The van der Waals surface area contributed by atoms with Crippen LogP contribution in [-0.4, -0.2) is 140 Å². The van der Waals surface area contributed by atoms with Crippen molar-refractivity contribution < 1.29 is 69.3 Å². The summed E-state index contributed by atoms with van der Waals surface area (Å²) < 4.78 is 29.1. The van der Waals surface area contributed by atoms with Gasteiger partial charge in [-0.15, -0.1) is 0 Å². The van der Waals surface area contributed by atoms with Gasteiger partial charge in [-0.2, -0.15) is 0 Å². The van der Waals surface area contributed by atoms with Gasteiger partial charge in [0.05, 0.1) is 25.4 Å². The number of aliphatic hydroxyl groups excluding tert-OH is 8. The zero-order valence-corrected chi connectivity index (χ0v) is 32.1. The number of cyclic esters (lactones) is 1. The van der Waals surface area contributed by atoms with Gasteiger partial charge >= 0.3 is 5.97 Å². The zero-order valence-electron chi connectivity index (χ0n) is 32.1. The molecule has 3 aliphatic heterocycles. The summed E-state index contributed by atoms with van der Waals surface area (Å²) in [7, 11) is 0. The number of rotatable bonds is 8. The third kappa shape index (κ3) is 6.73. The number of carbonyl (C=O) groups excluding carboxylic acids is 1. The van der Waals surface area contributed by atoms with Gasteiger partial charge in [-0.25, -0.2) is 4.79 Å². The molecule has 2 unspecified atom stereocenters. The second-order valence-electron chi connectivity index (χ2n) is 18.0. The first-order valence-electron chi connectivity index (χ1n) is 20.0. The number of ether oxygens (including phenoxy) is 5. The van der Waals surface area contributed by atoms with E-state index in [2.05, 4.69) is 26.8 Å². The Kier molecular flexibility index (Phi) is 11.5. The van der Waals surface area contributed by atoms with Crippen LogP contribution in [-0.2, 0) is 28.5 Å². The summed E-state index contributed by atoms with van der Waals surface area (Å²) in [5, 5.41) is 84.3. The van der Waals surface area contributed by atoms with E-state index in [0.717, 1.165) is 55.2 Å². The van der Waals surface area contributed by atoms with Gasteiger partial charge in [0.1, 0.15) is 54.9 Å². The van der Waals surface area contributed by atoms with Crippen molar-refractivity contribution in [3.8, 4) is 0 Å². The Morgan fingerprint density at radius 3 is 2.20 bits per heavy atom. The molecule has 0 bridgehead atoms. The molecule has 0 radical (unpaired) electrons. The number of allylic oxidation sites excluding steroid dienone is 1. The maximum atomic E-state index is 12.6. The Balaban J connectivity index is 1.00. The minimum Gasteiger partial charge on any atom is -0.458 e. The van der Waals surface area contributed by atoms with Gasteiger partial charge in [-0.05, 0) is 87.4 Å². The summed E-state index contributed by atoms with van der Waals surface area (Å²) in [6.07, 6.45) is -7.38. The first-order valence-corrected chi connectivity index (χ1v) is 20.0. The van der Waals surface area contributed by atoms with Gasteiger partial charge in [0.15, 0.2) is 12.6 Å². The van der Waals surface area contributed by atoms with Crippen LogP contribution < -0.4 is 0 Å². The zero-order chi connectivity index (χ0) is 39.0. The molecule has 0 aromatic rings. The molecule has 0 spiro atoms. The lowest BCUT2D eigenvalue weighted by atomic mass is 9.46. The molecule has 7 rings (SSSR count). The third-order valence-electron chi connectivity index (χ3n) is 15.4. The van der Waals surface area contributed by atoms with E-state index in [-0.39, 0.29) is 29.8 Å². The summed E-state index contributed by atoms with van der Waals surface area (Å²) in [4.78, 5) is 12.6. The molecule has 14 nitrogen and oxygen atoms in total. The summed E-state index contributed by atoms with van der Waals surface area (Å²) in [5.41, 5.74) is 2.65. The Hall–Kier alpha value is -1.53. The molecule has 20 atom stereocenters. The van der Waals surface area contributed by atoms with E-state index >= 15 is 0 Å². The van der Waals surface area contributed by atoms with Gasteiger partial charge in [-0.3, -0.25) is 0 Å². The number of esters is 1. The normalized spacial score (nSPS) is 51.5. The number of hydrogen-bond acceptors (Lipinski definition) is 14. The molecule has 306 valence electrons. The fourth-order valence-corrected chi connectivity index (χ4v) is 11.9. The number of fused-ring (bicyclic) bond motifs is 5. The highest BCUT2D eigenvalue weighted by Crippen LogP contribution is 2.67. The molecule has 5 fully saturated rings. The van der Waals surface area contributed by atoms with Crippen LogP contribution in [0, 0.1) is 40.4 Å². The van der Waals surface area contributed by atoms with E-state index in [4.69, 9.17) is 23.7 Å². The molecule has 3 heterocycles. The molecule has 54 heavy (non-hydrogen) atoms. The van der Waals surface area contributed by atoms with Crippen molar-refractivity contribution in [1.82, 2.24) is 0 Å². The Labute approximate surface area is 317 Å². The standard InChI is InChI=1S/C40H62O14/c1-17-12-26(52-36(49)18(17)2)19(3)23-8-9-24-22-7-6-20-13-21(14-29(42)40(20,5)25(22)10-11-39(23,24)4)51-38-35(48)33(46)31(44)28(54-38)16-50-37-34(47)32(45)30(43)27(15-41)53-37/h6,19,21-35,37-38,41-48H,7-16H2,1-5H3/t19-,21+,22-,23+,24-,25-,26?,27+,28+,29-,30+,31+,32-,33-,34+,35+,37+,38?,39+,40-/m0/s1. The topological polar surface area (TPSA) is 225 Å². The van der Waals surface area contributed by atoms with Gasteiger partial charge in [-0.1, -0.05) is 38.0 Å². The van der Waals surface area contributed by atoms with E-state index in [0.29, 0.717) is 30.1 Å². The number of hydrogen-bond donors (Lipinski definition) is 8. The molecule has 7 aliphatic rings. The summed E-state index contributed by atoms with van der Waals surface area (Å²) >= 11 is 0. The highest BCUT2D eigenvalue weighted by atomic mass is 16.7. The van der Waals surface area contributed by atoms with Gasteiger partial charge in [0, 0.05) is 23.8 Å². The molecule has 2 saturated heterocycles. The van der Waals surface area contributed by atoms with E-state index in [1.165, 1.54) is 0 Å². The Morgan fingerprint density at radius 2 is 1.52 bits per heavy atom. The van der Waals surface area contributed by atoms with Crippen LogP contribution in [0.4, 0.5) is 0 Å². The van der Waals surface area contributed by atoms with Crippen molar-refractivity contribution in [3.05, 3.63) is 22.8 Å². The largest absolute Gasteiger partial charge is 0.458 e. The highest BCUT2D eigenvalue weighted by Gasteiger charge is 2.62. The van der Waals surface area contributed by atoms with E-state index in [1.54, 1.807) is 0 Å². The summed E-state index contributed by atoms with van der Waals surface area (Å²) in [6.45, 7) is 9.70. The van der Waals surface area contributed by atoms with Crippen LogP contribution in [0.5, 0.6) is 0 Å². The van der Waals surface area contributed by atoms with Gasteiger partial charge in [0.2, 0.25) is 0 Å². The molecule has 3 saturated carbocycles. The average molecular weight is 767 g/mol. The predicted molar refractivity (Wildman–Crippen MR) is 190 cm³/mol. The first-order chi connectivity index (χ1) is 25.5. The van der Waals surface area contributed by atoms with Crippen LogP contribution in [0.3, 0.4) is 0 Å². The van der Waals surface area contributed by atoms with Crippen LogP contribution >= 0.6 is 0 Å². The molecule has 14 heteroatoms. The SMILES string of the molecule is CC1=C(C)C(=O)OC([C@@H](C)[C@H]2CC[C@H]3[C@@H]4CC=C5C[C@@H](OC6O[C@H](CO[C@@H]7O[C@H](CO)[C@@H](O)[C@H](O)[C@H]7O)[C@@H](O)[C@H](O)[C@H]6O)C[C@H](O)[C@]5(C)[C@H]4CC[C@]23C)C1. The second kappa shape index (κ2) is 15.3. The van der Waals surface area contributed by atoms with Crippen molar-refractivity contribution in [3.63, 3.8) is 0 Å². The maximum Gasteiger partial charge on any atom is 0.333 e. The quantitative estimate of drug-likeness (QED) is 0.127. The molecule has 0 aromatic heterocycles. The summed E-state index contributed by atoms with van der Waals surface area (Å²) in [6, 6.07) is 0. The van der Waals surface area contributed by atoms with Crippen LogP contribution in [0.2, 0.25) is 0 Å². The van der Waals surface area contributed by atoms with Gasteiger partial charge in [0.25, 0.3) is 0 Å². The van der Waals surface area contributed by atoms with E-state index < -0.39 is 92.2 Å². The summed E-state index contributed by atoms with van der Waals surface area (Å²) in [5.74, 6) is 1.72. The monoisotopic (exact) mass is 766 g/mol. The van der Waals surface area contributed by atoms with Gasteiger partial charge < -0.3 is 64.5 Å². The van der Waals surface area contributed by atoms with Crippen molar-refractivity contribution in [2.75, 3.05) is 13.2 Å². The van der Waals surface area contributed by atoms with E-state index in [1.807, 2.05) is 13.8 Å². The smallest absolute Gasteiger partial charge is 0.333 e. The molecule has 4 aliphatic carbocycles. The molecule has 0 aromatic carbocycles. The predicted octanol–water partition coefficient (Wildman–Crippen LogP) is 0.834. The van der Waals surface area contributed by atoms with Crippen molar-refractivity contribution in [2.45, 2.75) is 166 Å². The second-order valence-corrected chi connectivity index (χ2v) is 18.0. The molecular weight excluding hydrogens is 704 g/mol. The van der Waals surface area contributed by atoms with E-state index in [9.17, 15) is 45.6 Å². The molecular formula is C40H62O14. The highest BCUT2D eigenvalue weighted by molar-refractivity contribution is 5.89. The lowest BCUT2D eigenvalue weighted by Crippen LogP contribution is -2.62. The van der Waals surface area contributed by atoms with Crippen LogP contribution in [0.15, 0.2) is 22.8 Å². The van der Waals surface area contributed by atoms with Crippen LogP contribution in [0.25, 0.3) is 0 Å². The van der Waals surface area contributed by atoms with Crippen molar-refractivity contribution in [1.29, 1.82) is 0 Å². The lowest BCUT2D eigenvalue weighted by molar-refractivity contribution is -0.337. The molecule has 8 N–H and O–H groups in total.